The smallest absolute Gasteiger partial charge is 0.216 e. The second-order valence-corrected chi connectivity index (χ2v) is 3.34. The van der Waals surface area contributed by atoms with Crippen molar-refractivity contribution >= 4 is 5.69 Å². The minimum atomic E-state index is 0.474. The fourth-order valence-electron chi connectivity index (χ4n) is 1.18. The molecular weight excluding hydrogens is 208 g/mol. The number of anilines is 1. The van der Waals surface area contributed by atoms with Crippen molar-refractivity contribution in [3.63, 3.8) is 0 Å². The summed E-state index contributed by atoms with van der Waals surface area (Å²) in [6, 6.07) is 1.83. The van der Waals surface area contributed by atoms with Crippen LogP contribution in [0.5, 0.6) is 5.88 Å². The number of hydrogen-bond donors (Lipinski definition) is 1. The van der Waals surface area contributed by atoms with E-state index in [1.165, 1.54) is 0 Å². The number of methoxy groups -OCH3 is 1. The predicted octanol–water partition coefficient (Wildman–Crippen LogP) is 1.01. The molecule has 16 heavy (non-hydrogen) atoms. The molecule has 1 aromatic heterocycles. The van der Waals surface area contributed by atoms with Gasteiger partial charge in [0.05, 0.1) is 31.7 Å². The monoisotopic (exact) mass is 226 g/mol. The van der Waals surface area contributed by atoms with Gasteiger partial charge < -0.3 is 19.9 Å². The van der Waals surface area contributed by atoms with Gasteiger partial charge in [-0.25, -0.2) is 4.98 Å². The van der Waals surface area contributed by atoms with Crippen molar-refractivity contribution in [2.24, 2.45) is 0 Å². The van der Waals surface area contributed by atoms with Crippen LogP contribution in [-0.4, -0.2) is 38.5 Å². The van der Waals surface area contributed by atoms with Crippen molar-refractivity contribution in [2.75, 3.05) is 39.3 Å². The molecule has 0 atom stereocenters. The average molecular weight is 226 g/mol. The molecule has 0 aromatic carbocycles. The molecule has 0 saturated heterocycles. The van der Waals surface area contributed by atoms with E-state index < -0.39 is 0 Å². The van der Waals surface area contributed by atoms with Crippen LogP contribution in [0.15, 0.2) is 12.3 Å². The minimum Gasteiger partial charge on any atom is -0.475 e. The van der Waals surface area contributed by atoms with Gasteiger partial charge in [-0.05, 0) is 13.0 Å². The highest BCUT2D eigenvalue weighted by molar-refractivity contribution is 5.41. The van der Waals surface area contributed by atoms with E-state index >= 15 is 0 Å². The van der Waals surface area contributed by atoms with Gasteiger partial charge in [0.2, 0.25) is 5.88 Å². The Balaban J connectivity index is 2.21. The molecular formula is C11H18N2O3. The normalized spacial score (nSPS) is 10.4. The van der Waals surface area contributed by atoms with Gasteiger partial charge in [0, 0.05) is 12.7 Å². The van der Waals surface area contributed by atoms with E-state index in [9.17, 15) is 0 Å². The summed E-state index contributed by atoms with van der Waals surface area (Å²) in [4.78, 5) is 4.08. The van der Waals surface area contributed by atoms with Crippen LogP contribution in [0, 0.1) is 6.92 Å². The van der Waals surface area contributed by atoms with E-state index in [1.54, 1.807) is 13.3 Å². The minimum absolute atomic E-state index is 0.474. The number of ether oxygens (including phenoxy) is 3. The van der Waals surface area contributed by atoms with Gasteiger partial charge in [-0.3, -0.25) is 0 Å². The zero-order valence-corrected chi connectivity index (χ0v) is 9.73. The fraction of sp³-hybridized carbons (Fsp3) is 0.545. The van der Waals surface area contributed by atoms with Gasteiger partial charge in [0.15, 0.2) is 0 Å². The van der Waals surface area contributed by atoms with Crippen molar-refractivity contribution in [3.05, 3.63) is 17.8 Å². The topological polar surface area (TPSA) is 66.6 Å². The molecule has 1 heterocycles. The Morgan fingerprint density at radius 1 is 1.25 bits per heavy atom. The summed E-state index contributed by atoms with van der Waals surface area (Å²) in [6.07, 6.45) is 1.58. The molecule has 0 spiro atoms. The number of aromatic nitrogens is 1. The first-order chi connectivity index (χ1) is 7.74. The van der Waals surface area contributed by atoms with Crippen LogP contribution in [0.4, 0.5) is 5.69 Å². The van der Waals surface area contributed by atoms with Crippen LogP contribution in [0.1, 0.15) is 5.56 Å². The van der Waals surface area contributed by atoms with Gasteiger partial charge in [-0.15, -0.1) is 0 Å². The fourth-order valence-corrected chi connectivity index (χ4v) is 1.18. The molecule has 0 fully saturated rings. The van der Waals surface area contributed by atoms with Crippen LogP contribution in [0.2, 0.25) is 0 Å². The molecule has 0 radical (unpaired) electrons. The third-order valence-electron chi connectivity index (χ3n) is 1.95. The quantitative estimate of drug-likeness (QED) is 0.703. The molecule has 0 bridgehead atoms. The Morgan fingerprint density at radius 2 is 2.00 bits per heavy atom. The largest absolute Gasteiger partial charge is 0.475 e. The molecule has 0 aliphatic carbocycles. The molecule has 0 aliphatic heterocycles. The standard InChI is InChI=1S/C11H18N2O3/c1-9-7-10(12)8-13-11(9)16-6-5-15-4-3-14-2/h7-8H,3-6,12H2,1-2H3. The average Bonchev–Trinajstić information content (AvgIpc) is 2.26. The van der Waals surface area contributed by atoms with Crippen LogP contribution in [0.25, 0.3) is 0 Å². The van der Waals surface area contributed by atoms with E-state index in [0.717, 1.165) is 5.56 Å². The van der Waals surface area contributed by atoms with E-state index in [1.807, 2.05) is 13.0 Å². The molecule has 1 aromatic rings. The number of aryl methyl sites for hydroxylation is 1. The molecule has 0 unspecified atom stereocenters. The highest BCUT2D eigenvalue weighted by atomic mass is 16.5. The maximum atomic E-state index is 5.58. The number of hydrogen-bond acceptors (Lipinski definition) is 5. The van der Waals surface area contributed by atoms with Crippen LogP contribution in [-0.2, 0) is 9.47 Å². The number of nitrogens with zero attached hydrogens (tertiary/aromatic N) is 1. The summed E-state index contributed by atoms with van der Waals surface area (Å²) in [7, 11) is 1.64. The van der Waals surface area contributed by atoms with Crippen molar-refractivity contribution in [3.8, 4) is 5.88 Å². The van der Waals surface area contributed by atoms with Gasteiger partial charge in [-0.2, -0.15) is 0 Å². The SMILES string of the molecule is COCCOCCOc1ncc(N)cc1C. The molecule has 2 N–H and O–H groups in total. The van der Waals surface area contributed by atoms with Crippen LogP contribution >= 0.6 is 0 Å². The first-order valence-corrected chi connectivity index (χ1v) is 5.15. The van der Waals surface area contributed by atoms with Crippen LogP contribution < -0.4 is 10.5 Å². The lowest BCUT2D eigenvalue weighted by atomic mass is 10.3. The zero-order chi connectivity index (χ0) is 11.8. The summed E-state index contributed by atoms with van der Waals surface area (Å²) in [5, 5.41) is 0. The van der Waals surface area contributed by atoms with Gasteiger partial charge >= 0.3 is 0 Å². The summed E-state index contributed by atoms with van der Waals surface area (Å²) in [5.41, 5.74) is 7.15. The molecule has 0 amide bonds. The first-order valence-electron chi connectivity index (χ1n) is 5.15. The summed E-state index contributed by atoms with van der Waals surface area (Å²) in [5.74, 6) is 0.601. The van der Waals surface area contributed by atoms with Crippen molar-refractivity contribution < 1.29 is 14.2 Å². The van der Waals surface area contributed by atoms with E-state index in [2.05, 4.69) is 4.98 Å². The second-order valence-electron chi connectivity index (χ2n) is 3.34. The van der Waals surface area contributed by atoms with E-state index in [-0.39, 0.29) is 0 Å². The maximum Gasteiger partial charge on any atom is 0.216 e. The predicted molar refractivity (Wildman–Crippen MR) is 61.6 cm³/mol. The lowest BCUT2D eigenvalue weighted by Gasteiger charge is -2.08. The first kappa shape index (κ1) is 12.7. The summed E-state index contributed by atoms with van der Waals surface area (Å²) >= 11 is 0. The molecule has 0 aliphatic rings. The third kappa shape index (κ3) is 4.46. The number of pyridine rings is 1. The van der Waals surface area contributed by atoms with Gasteiger partial charge in [0.25, 0.3) is 0 Å². The van der Waals surface area contributed by atoms with Gasteiger partial charge in [0.1, 0.15) is 6.61 Å². The molecule has 90 valence electrons. The van der Waals surface area contributed by atoms with E-state index in [0.29, 0.717) is 38.0 Å². The second kappa shape index (κ2) is 7.03. The number of nitrogen functional groups attached to an aromatic ring is 1. The van der Waals surface area contributed by atoms with E-state index in [4.69, 9.17) is 19.9 Å². The molecule has 5 heteroatoms. The Kier molecular flexibility index (Phi) is 5.60. The van der Waals surface area contributed by atoms with Crippen LogP contribution in [0.3, 0.4) is 0 Å². The molecule has 5 nitrogen and oxygen atoms in total. The lowest BCUT2D eigenvalue weighted by molar-refractivity contribution is 0.0535. The number of nitrogens with two attached hydrogens (primary N) is 1. The molecule has 1 rings (SSSR count). The van der Waals surface area contributed by atoms with Crippen molar-refractivity contribution in [2.45, 2.75) is 6.92 Å². The maximum absolute atomic E-state index is 5.58. The Hall–Kier alpha value is -1.33. The van der Waals surface area contributed by atoms with Crippen molar-refractivity contribution in [1.82, 2.24) is 4.98 Å². The third-order valence-corrected chi connectivity index (χ3v) is 1.95. The highest BCUT2D eigenvalue weighted by Gasteiger charge is 2.01. The summed E-state index contributed by atoms with van der Waals surface area (Å²) in [6.45, 7) is 4.08. The Bertz CT molecular complexity index is 318. The highest BCUT2D eigenvalue weighted by Crippen LogP contribution is 2.15. The Labute approximate surface area is 95.5 Å². The van der Waals surface area contributed by atoms with Gasteiger partial charge in [-0.1, -0.05) is 0 Å². The number of rotatable bonds is 7. The summed E-state index contributed by atoms with van der Waals surface area (Å²) < 4.78 is 15.5. The van der Waals surface area contributed by atoms with Crippen molar-refractivity contribution in [1.29, 1.82) is 0 Å². The Morgan fingerprint density at radius 3 is 2.69 bits per heavy atom. The lowest BCUT2D eigenvalue weighted by Crippen LogP contribution is -2.11. The molecule has 0 saturated carbocycles. The zero-order valence-electron chi connectivity index (χ0n) is 9.73.